The summed E-state index contributed by atoms with van der Waals surface area (Å²) in [6, 6.07) is 0. The van der Waals surface area contributed by atoms with Crippen molar-refractivity contribution >= 4 is 11.6 Å². The first kappa shape index (κ1) is 13.7. The molecule has 3 N–H and O–H groups in total. The summed E-state index contributed by atoms with van der Waals surface area (Å²) in [4.78, 5) is 8.25. The number of nitrogens with zero attached hydrogens (tertiary/aromatic N) is 2. The van der Waals surface area contributed by atoms with Gasteiger partial charge in [0, 0.05) is 18.7 Å². The van der Waals surface area contributed by atoms with Crippen molar-refractivity contribution in [3.8, 4) is 0 Å². The van der Waals surface area contributed by atoms with Crippen LogP contribution >= 0.6 is 0 Å². The van der Waals surface area contributed by atoms with Crippen LogP contribution in [0.25, 0.3) is 0 Å². The van der Waals surface area contributed by atoms with E-state index in [1.807, 2.05) is 13.8 Å². The molecular formula is C12H22N4O. The van der Waals surface area contributed by atoms with Gasteiger partial charge < -0.3 is 15.8 Å². The first-order valence-electron chi connectivity index (χ1n) is 6.02. The maximum atomic E-state index is 5.86. The van der Waals surface area contributed by atoms with E-state index in [0.29, 0.717) is 24.9 Å². The first-order valence-corrected chi connectivity index (χ1v) is 6.02. The highest BCUT2D eigenvalue weighted by molar-refractivity contribution is 5.56. The third-order valence-electron chi connectivity index (χ3n) is 2.50. The van der Waals surface area contributed by atoms with Crippen LogP contribution in [0.1, 0.15) is 39.2 Å². The van der Waals surface area contributed by atoms with Gasteiger partial charge in [0.15, 0.2) is 0 Å². The van der Waals surface area contributed by atoms with Gasteiger partial charge in [-0.05, 0) is 19.8 Å². The molecule has 0 aliphatic heterocycles. The number of hydrogen-bond donors (Lipinski definition) is 2. The Balaban J connectivity index is 2.73. The molecule has 1 rings (SSSR count). The van der Waals surface area contributed by atoms with Crippen molar-refractivity contribution in [1.82, 2.24) is 9.97 Å². The number of aromatic nitrogens is 2. The van der Waals surface area contributed by atoms with E-state index in [2.05, 4.69) is 29.1 Å². The van der Waals surface area contributed by atoms with E-state index in [1.54, 1.807) is 0 Å². The minimum absolute atomic E-state index is 0.149. The van der Waals surface area contributed by atoms with Crippen molar-refractivity contribution < 1.29 is 4.74 Å². The quantitative estimate of drug-likeness (QED) is 0.793. The highest BCUT2D eigenvalue weighted by Crippen LogP contribution is 2.26. The van der Waals surface area contributed by atoms with E-state index in [4.69, 9.17) is 10.5 Å². The molecule has 0 bridgehead atoms. The van der Waals surface area contributed by atoms with Crippen LogP contribution in [0.4, 0.5) is 11.6 Å². The maximum absolute atomic E-state index is 5.86. The molecular weight excluding hydrogens is 216 g/mol. The monoisotopic (exact) mass is 238 g/mol. The summed E-state index contributed by atoms with van der Waals surface area (Å²) in [5, 5.41) is 3.26. The summed E-state index contributed by atoms with van der Waals surface area (Å²) in [5.74, 6) is 1.64. The number of ether oxygens (including phenoxy) is 1. The van der Waals surface area contributed by atoms with Crippen LogP contribution in [0.5, 0.6) is 0 Å². The van der Waals surface area contributed by atoms with Crippen molar-refractivity contribution in [2.45, 2.75) is 39.7 Å². The predicted octanol–water partition coefficient (Wildman–Crippen LogP) is 2.02. The smallest absolute Gasteiger partial charge is 0.135 e. The molecule has 0 spiro atoms. The Labute approximate surface area is 103 Å². The molecule has 5 nitrogen and oxygen atoms in total. The van der Waals surface area contributed by atoms with Crippen LogP contribution in [0.15, 0.2) is 6.33 Å². The summed E-state index contributed by atoms with van der Waals surface area (Å²) in [7, 11) is 0. The van der Waals surface area contributed by atoms with E-state index >= 15 is 0 Å². The Kier molecular flexibility index (Phi) is 5.15. The largest absolute Gasteiger partial charge is 0.383 e. The molecule has 0 saturated carbocycles. The number of rotatable bonds is 6. The van der Waals surface area contributed by atoms with Gasteiger partial charge in [-0.3, -0.25) is 0 Å². The van der Waals surface area contributed by atoms with Gasteiger partial charge in [-0.15, -0.1) is 0 Å². The standard InChI is InChI=1S/C12H22N4O/c1-5-17-9(4)6-14-12-10(8(2)3)11(13)15-7-16-12/h7-9H,5-6H2,1-4H3,(H3,13,14,15,16). The lowest BCUT2D eigenvalue weighted by molar-refractivity contribution is 0.0854. The van der Waals surface area contributed by atoms with Gasteiger partial charge in [-0.1, -0.05) is 13.8 Å². The Bertz CT molecular complexity index is 354. The maximum Gasteiger partial charge on any atom is 0.135 e. The lowest BCUT2D eigenvalue weighted by Crippen LogP contribution is -2.21. The molecule has 1 aromatic rings. The van der Waals surface area contributed by atoms with Crippen molar-refractivity contribution in [2.24, 2.45) is 0 Å². The molecule has 5 heteroatoms. The zero-order valence-corrected chi connectivity index (χ0v) is 11.0. The predicted molar refractivity (Wildman–Crippen MR) is 70.1 cm³/mol. The van der Waals surface area contributed by atoms with Crippen LogP contribution in [0, 0.1) is 0 Å². The molecule has 1 unspecified atom stereocenters. The molecule has 0 radical (unpaired) electrons. The molecule has 0 aromatic carbocycles. The van der Waals surface area contributed by atoms with Crippen molar-refractivity contribution in [1.29, 1.82) is 0 Å². The molecule has 17 heavy (non-hydrogen) atoms. The summed E-state index contributed by atoms with van der Waals surface area (Å²) in [5.41, 5.74) is 6.83. The fourth-order valence-corrected chi connectivity index (χ4v) is 1.70. The second-order valence-corrected chi connectivity index (χ2v) is 4.32. The van der Waals surface area contributed by atoms with Crippen LogP contribution in [0.2, 0.25) is 0 Å². The summed E-state index contributed by atoms with van der Waals surface area (Å²) < 4.78 is 5.46. The molecule has 1 heterocycles. The summed E-state index contributed by atoms with van der Waals surface area (Å²) >= 11 is 0. The average molecular weight is 238 g/mol. The Morgan fingerprint density at radius 3 is 2.65 bits per heavy atom. The molecule has 0 amide bonds. The molecule has 0 saturated heterocycles. The van der Waals surface area contributed by atoms with Gasteiger partial charge in [0.2, 0.25) is 0 Å². The topological polar surface area (TPSA) is 73.1 Å². The van der Waals surface area contributed by atoms with E-state index in [1.165, 1.54) is 6.33 Å². The van der Waals surface area contributed by atoms with Crippen LogP contribution in [0.3, 0.4) is 0 Å². The van der Waals surface area contributed by atoms with Crippen molar-refractivity contribution in [3.05, 3.63) is 11.9 Å². The Morgan fingerprint density at radius 1 is 1.35 bits per heavy atom. The highest BCUT2D eigenvalue weighted by atomic mass is 16.5. The number of anilines is 2. The average Bonchev–Trinajstić information content (AvgIpc) is 2.26. The van der Waals surface area contributed by atoms with Gasteiger partial charge in [-0.2, -0.15) is 0 Å². The second-order valence-electron chi connectivity index (χ2n) is 4.32. The zero-order valence-electron chi connectivity index (χ0n) is 11.0. The van der Waals surface area contributed by atoms with E-state index in [0.717, 1.165) is 11.4 Å². The molecule has 1 atom stereocenters. The van der Waals surface area contributed by atoms with Gasteiger partial charge in [0.05, 0.1) is 6.10 Å². The molecule has 1 aromatic heterocycles. The Hall–Kier alpha value is -1.36. The molecule has 0 aliphatic carbocycles. The normalized spacial score (nSPS) is 12.8. The minimum atomic E-state index is 0.149. The van der Waals surface area contributed by atoms with Gasteiger partial charge in [-0.25, -0.2) is 9.97 Å². The van der Waals surface area contributed by atoms with Crippen molar-refractivity contribution in [3.63, 3.8) is 0 Å². The lowest BCUT2D eigenvalue weighted by Gasteiger charge is -2.17. The number of nitrogen functional groups attached to an aromatic ring is 1. The van der Waals surface area contributed by atoms with Crippen LogP contribution < -0.4 is 11.1 Å². The first-order chi connectivity index (χ1) is 8.06. The number of nitrogens with one attached hydrogen (secondary N) is 1. The van der Waals surface area contributed by atoms with Gasteiger partial charge >= 0.3 is 0 Å². The summed E-state index contributed by atoms with van der Waals surface area (Å²) in [6.07, 6.45) is 1.63. The number of nitrogens with two attached hydrogens (primary N) is 1. The second kappa shape index (κ2) is 6.39. The SMILES string of the molecule is CCOC(C)CNc1ncnc(N)c1C(C)C. The number of hydrogen-bond acceptors (Lipinski definition) is 5. The zero-order chi connectivity index (χ0) is 12.8. The molecule has 96 valence electrons. The lowest BCUT2D eigenvalue weighted by atomic mass is 10.0. The summed E-state index contributed by atoms with van der Waals surface area (Å²) in [6.45, 7) is 9.59. The molecule has 0 aliphatic rings. The molecule has 0 fully saturated rings. The highest BCUT2D eigenvalue weighted by Gasteiger charge is 2.13. The van der Waals surface area contributed by atoms with E-state index in [9.17, 15) is 0 Å². The van der Waals surface area contributed by atoms with Gasteiger partial charge in [0.25, 0.3) is 0 Å². The van der Waals surface area contributed by atoms with E-state index < -0.39 is 0 Å². The fraction of sp³-hybridized carbons (Fsp3) is 0.667. The van der Waals surface area contributed by atoms with E-state index in [-0.39, 0.29) is 6.10 Å². The minimum Gasteiger partial charge on any atom is -0.383 e. The van der Waals surface area contributed by atoms with Crippen LogP contribution in [-0.2, 0) is 4.74 Å². The third-order valence-corrected chi connectivity index (χ3v) is 2.50. The van der Waals surface area contributed by atoms with Crippen molar-refractivity contribution in [2.75, 3.05) is 24.2 Å². The van der Waals surface area contributed by atoms with Crippen LogP contribution in [-0.4, -0.2) is 29.2 Å². The van der Waals surface area contributed by atoms with Gasteiger partial charge in [0.1, 0.15) is 18.0 Å². The third kappa shape index (κ3) is 3.85. The fourth-order valence-electron chi connectivity index (χ4n) is 1.70. The Morgan fingerprint density at radius 2 is 2.06 bits per heavy atom.